The average molecular weight is 473 g/mol. The molecule has 0 radical (unpaired) electrons. The van der Waals surface area contributed by atoms with Crippen LogP contribution in [0.15, 0.2) is 29.2 Å². The Balaban J connectivity index is 3.06. The second kappa shape index (κ2) is 12.3. The summed E-state index contributed by atoms with van der Waals surface area (Å²) in [5.74, 6) is -1.66. The molecule has 29 heavy (non-hydrogen) atoms. The standard InChI is InChI=1S/C17H23Cl2FN2O6S/c1-21-7-8-27-10-14(23)28-15(13(9-20)22-17(24)16(18)19)11-3-5-12(6-4-11)29(2,25)26/h3-6,13,15-16,21H,7-10H2,1-2H3,(H,22,24)/t13-,15-/m1/s1. The summed E-state index contributed by atoms with van der Waals surface area (Å²) >= 11 is 11.0. The van der Waals surface area contributed by atoms with Gasteiger partial charge in [-0.05, 0) is 24.7 Å². The van der Waals surface area contributed by atoms with Gasteiger partial charge in [0, 0.05) is 12.8 Å². The number of rotatable bonds is 12. The summed E-state index contributed by atoms with van der Waals surface area (Å²) in [4.78, 5) is 22.5. The highest BCUT2D eigenvalue weighted by Gasteiger charge is 2.30. The number of sulfone groups is 1. The third-order valence-electron chi connectivity index (χ3n) is 3.67. The molecule has 2 atom stereocenters. The van der Waals surface area contributed by atoms with Gasteiger partial charge >= 0.3 is 5.97 Å². The number of halogens is 3. The van der Waals surface area contributed by atoms with Crippen LogP contribution in [-0.4, -0.2) is 70.9 Å². The number of ether oxygens (including phenoxy) is 2. The van der Waals surface area contributed by atoms with E-state index in [0.717, 1.165) is 6.26 Å². The SMILES string of the molecule is CNCCOCC(=O)O[C@H](c1ccc(S(C)(=O)=O)cc1)[C@@H](CF)NC(=O)C(Cl)Cl. The lowest BCUT2D eigenvalue weighted by Gasteiger charge is -2.26. The molecule has 164 valence electrons. The number of hydrogen-bond acceptors (Lipinski definition) is 7. The number of benzene rings is 1. The quantitative estimate of drug-likeness (QED) is 0.266. The Hall–Kier alpha value is -1.46. The monoisotopic (exact) mass is 472 g/mol. The van der Waals surface area contributed by atoms with Crippen LogP contribution in [0.2, 0.25) is 0 Å². The smallest absolute Gasteiger partial charge is 0.332 e. The van der Waals surface area contributed by atoms with E-state index in [1.165, 1.54) is 24.3 Å². The number of esters is 1. The molecule has 2 N–H and O–H groups in total. The fraction of sp³-hybridized carbons (Fsp3) is 0.529. The van der Waals surface area contributed by atoms with Crippen molar-refractivity contribution in [2.24, 2.45) is 0 Å². The van der Waals surface area contributed by atoms with Crippen molar-refractivity contribution in [3.05, 3.63) is 29.8 Å². The van der Waals surface area contributed by atoms with E-state index >= 15 is 0 Å². The normalized spacial score (nSPS) is 13.7. The number of likely N-dealkylation sites (N-methyl/N-ethyl adjacent to an activating group) is 1. The third kappa shape index (κ3) is 8.83. The lowest BCUT2D eigenvalue weighted by atomic mass is 10.0. The van der Waals surface area contributed by atoms with E-state index < -0.39 is 45.4 Å². The second-order valence-electron chi connectivity index (χ2n) is 5.98. The first-order valence-electron chi connectivity index (χ1n) is 8.46. The van der Waals surface area contributed by atoms with E-state index in [0.29, 0.717) is 6.54 Å². The van der Waals surface area contributed by atoms with Crippen LogP contribution in [0.5, 0.6) is 0 Å². The fourth-order valence-corrected chi connectivity index (χ4v) is 2.99. The third-order valence-corrected chi connectivity index (χ3v) is 5.19. The molecular formula is C17H23Cl2FN2O6S. The predicted octanol–water partition coefficient (Wildman–Crippen LogP) is 1.17. The molecule has 8 nitrogen and oxygen atoms in total. The molecule has 1 aromatic carbocycles. The van der Waals surface area contributed by atoms with Gasteiger partial charge in [-0.1, -0.05) is 35.3 Å². The molecule has 0 aromatic heterocycles. The van der Waals surface area contributed by atoms with E-state index in [1.807, 2.05) is 0 Å². The van der Waals surface area contributed by atoms with Crippen molar-refractivity contribution >= 4 is 44.9 Å². The molecule has 1 aromatic rings. The van der Waals surface area contributed by atoms with E-state index in [1.54, 1.807) is 7.05 Å². The van der Waals surface area contributed by atoms with Gasteiger partial charge in [-0.25, -0.2) is 17.6 Å². The maximum atomic E-state index is 13.7. The fourth-order valence-electron chi connectivity index (χ4n) is 2.23. The van der Waals surface area contributed by atoms with Gasteiger partial charge in [-0.3, -0.25) is 4.79 Å². The van der Waals surface area contributed by atoms with Crippen LogP contribution in [0.3, 0.4) is 0 Å². The van der Waals surface area contributed by atoms with Crippen LogP contribution in [0.25, 0.3) is 0 Å². The highest BCUT2D eigenvalue weighted by molar-refractivity contribution is 7.90. The van der Waals surface area contributed by atoms with Crippen LogP contribution in [0.1, 0.15) is 11.7 Å². The van der Waals surface area contributed by atoms with E-state index in [2.05, 4.69) is 10.6 Å². The predicted molar refractivity (Wildman–Crippen MR) is 107 cm³/mol. The van der Waals surface area contributed by atoms with Gasteiger partial charge in [0.25, 0.3) is 5.91 Å². The van der Waals surface area contributed by atoms with Gasteiger partial charge in [0.05, 0.1) is 17.5 Å². The lowest BCUT2D eigenvalue weighted by Crippen LogP contribution is -2.44. The van der Waals surface area contributed by atoms with Crippen LogP contribution >= 0.6 is 23.2 Å². The zero-order valence-corrected chi connectivity index (χ0v) is 18.2. The van der Waals surface area contributed by atoms with Gasteiger partial charge < -0.3 is 20.1 Å². The van der Waals surface area contributed by atoms with Gasteiger partial charge in [-0.2, -0.15) is 0 Å². The number of hydrogen-bond donors (Lipinski definition) is 2. The van der Waals surface area contributed by atoms with Crippen LogP contribution < -0.4 is 10.6 Å². The van der Waals surface area contributed by atoms with Gasteiger partial charge in [0.15, 0.2) is 14.7 Å². The molecule has 0 saturated carbocycles. The molecule has 0 heterocycles. The maximum Gasteiger partial charge on any atom is 0.332 e. The van der Waals surface area contributed by atoms with Crippen molar-refractivity contribution in [2.45, 2.75) is 21.9 Å². The van der Waals surface area contributed by atoms with Crippen LogP contribution in [-0.2, 0) is 28.9 Å². The Morgan fingerprint density at radius 2 is 1.83 bits per heavy atom. The molecule has 0 fully saturated rings. The van der Waals surface area contributed by atoms with Crippen molar-refractivity contribution in [3.8, 4) is 0 Å². The Morgan fingerprint density at radius 1 is 1.21 bits per heavy atom. The molecule has 0 saturated heterocycles. The van der Waals surface area contributed by atoms with Crippen LogP contribution in [0, 0.1) is 0 Å². The van der Waals surface area contributed by atoms with Crippen molar-refractivity contribution in [3.63, 3.8) is 0 Å². The largest absolute Gasteiger partial charge is 0.453 e. The van der Waals surface area contributed by atoms with E-state index in [9.17, 15) is 22.4 Å². The van der Waals surface area contributed by atoms with E-state index in [-0.39, 0.29) is 23.7 Å². The minimum absolute atomic E-state index is 0.0316. The first-order valence-corrected chi connectivity index (χ1v) is 11.2. The minimum Gasteiger partial charge on any atom is -0.453 e. The van der Waals surface area contributed by atoms with Crippen molar-refractivity contribution < 1.29 is 31.9 Å². The molecule has 0 unspecified atom stereocenters. The van der Waals surface area contributed by atoms with Crippen molar-refractivity contribution in [1.29, 1.82) is 0 Å². The first-order chi connectivity index (χ1) is 13.6. The van der Waals surface area contributed by atoms with Gasteiger partial charge in [-0.15, -0.1) is 0 Å². The van der Waals surface area contributed by atoms with Crippen molar-refractivity contribution in [1.82, 2.24) is 10.6 Å². The summed E-state index contributed by atoms with van der Waals surface area (Å²) in [5.41, 5.74) is 0.268. The minimum atomic E-state index is -3.45. The summed E-state index contributed by atoms with van der Waals surface area (Å²) in [7, 11) is -1.74. The number of alkyl halides is 3. The first kappa shape index (κ1) is 25.6. The average Bonchev–Trinajstić information content (AvgIpc) is 2.67. The van der Waals surface area contributed by atoms with Crippen molar-refractivity contribution in [2.75, 3.05) is 39.7 Å². The summed E-state index contributed by atoms with van der Waals surface area (Å²) in [6.45, 7) is -0.721. The van der Waals surface area contributed by atoms with E-state index in [4.69, 9.17) is 32.7 Å². The van der Waals surface area contributed by atoms with Gasteiger partial charge in [0.2, 0.25) is 0 Å². The number of amides is 1. The number of carbonyl (C=O) groups excluding carboxylic acids is 2. The zero-order chi connectivity index (χ0) is 22.0. The summed E-state index contributed by atoms with van der Waals surface area (Å²) in [6, 6.07) is 4.01. The molecule has 0 aliphatic rings. The topological polar surface area (TPSA) is 111 Å². The number of carbonyl (C=O) groups is 2. The molecule has 0 aliphatic carbocycles. The molecule has 0 aliphatic heterocycles. The Labute approximate surface area is 178 Å². The number of nitrogens with one attached hydrogen (secondary N) is 2. The molecule has 12 heteroatoms. The summed E-state index contributed by atoms with van der Waals surface area (Å²) in [6.07, 6.45) is -0.224. The molecule has 1 amide bonds. The molecular weight excluding hydrogens is 450 g/mol. The Kier molecular flexibility index (Phi) is 10.8. The molecule has 0 bridgehead atoms. The van der Waals surface area contributed by atoms with Gasteiger partial charge in [0.1, 0.15) is 19.4 Å². The van der Waals surface area contributed by atoms with Crippen LogP contribution in [0.4, 0.5) is 4.39 Å². The highest BCUT2D eigenvalue weighted by atomic mass is 35.5. The Bertz CT molecular complexity index is 777. The summed E-state index contributed by atoms with van der Waals surface area (Å²) < 4.78 is 47.3. The molecule has 1 rings (SSSR count). The zero-order valence-electron chi connectivity index (χ0n) is 15.9. The summed E-state index contributed by atoms with van der Waals surface area (Å²) in [5, 5.41) is 5.10. The second-order valence-corrected chi connectivity index (χ2v) is 9.09. The highest BCUT2D eigenvalue weighted by Crippen LogP contribution is 2.24. The maximum absolute atomic E-state index is 13.7. The molecule has 0 spiro atoms. The lowest BCUT2D eigenvalue weighted by molar-refractivity contribution is -0.157. The Morgan fingerprint density at radius 3 is 2.31 bits per heavy atom.